The Labute approximate surface area is 135 Å². The molecular weight excluding hydrogens is 297 g/mol. The highest BCUT2D eigenvalue weighted by Crippen LogP contribution is 2.31. The number of nitrogens with two attached hydrogens (primary N) is 1. The van der Waals surface area contributed by atoms with Crippen molar-refractivity contribution in [2.24, 2.45) is 17.6 Å². The molecule has 0 aromatic heterocycles. The number of benzene rings is 1. The van der Waals surface area contributed by atoms with E-state index in [2.05, 4.69) is 10.6 Å². The predicted molar refractivity (Wildman–Crippen MR) is 87.5 cm³/mol. The molecule has 4 N–H and O–H groups in total. The molecule has 126 valence electrons. The lowest BCUT2D eigenvalue weighted by Gasteiger charge is -2.12. The molecule has 0 radical (unpaired) electrons. The Kier molecular flexibility index (Phi) is 5.71. The number of anilines is 1. The van der Waals surface area contributed by atoms with E-state index in [1.54, 1.807) is 0 Å². The molecule has 1 fully saturated rings. The van der Waals surface area contributed by atoms with Gasteiger partial charge in [0.15, 0.2) is 0 Å². The largest absolute Gasteiger partial charge is 0.350 e. The molecule has 1 atom stereocenters. The zero-order valence-electron chi connectivity index (χ0n) is 13.6. The van der Waals surface area contributed by atoms with Crippen LogP contribution in [-0.4, -0.2) is 24.4 Å². The lowest BCUT2D eigenvalue weighted by Crippen LogP contribution is -2.38. The van der Waals surface area contributed by atoms with E-state index < -0.39 is 5.82 Å². The number of amides is 2. The van der Waals surface area contributed by atoms with Crippen LogP contribution in [0.15, 0.2) is 18.2 Å². The second-order valence-electron chi connectivity index (χ2n) is 6.55. The average molecular weight is 321 g/mol. The van der Waals surface area contributed by atoms with Crippen molar-refractivity contribution in [2.75, 3.05) is 11.9 Å². The summed E-state index contributed by atoms with van der Waals surface area (Å²) in [6.07, 6.45) is 2.54. The summed E-state index contributed by atoms with van der Waals surface area (Å²) in [5.74, 6) is -0.544. The highest BCUT2D eigenvalue weighted by atomic mass is 19.1. The molecule has 0 aliphatic heterocycles. The summed E-state index contributed by atoms with van der Waals surface area (Å²) in [6, 6.07) is 3.98. The van der Waals surface area contributed by atoms with Crippen molar-refractivity contribution in [1.29, 1.82) is 0 Å². The maximum atomic E-state index is 14.0. The summed E-state index contributed by atoms with van der Waals surface area (Å²) in [5.41, 5.74) is 6.22. The molecule has 2 rings (SSSR count). The van der Waals surface area contributed by atoms with E-state index in [0.717, 1.165) is 18.9 Å². The third kappa shape index (κ3) is 5.32. The first-order valence-electron chi connectivity index (χ1n) is 8.00. The molecule has 5 nitrogen and oxygen atoms in total. The zero-order valence-corrected chi connectivity index (χ0v) is 13.6. The first-order chi connectivity index (χ1) is 10.9. The van der Waals surface area contributed by atoms with E-state index in [0.29, 0.717) is 18.9 Å². The molecule has 6 heteroatoms. The fourth-order valence-electron chi connectivity index (χ4n) is 2.33. The van der Waals surface area contributed by atoms with Crippen molar-refractivity contribution in [1.82, 2.24) is 5.32 Å². The summed E-state index contributed by atoms with van der Waals surface area (Å²) >= 11 is 0. The smallest absolute Gasteiger partial charge is 0.251 e. The lowest BCUT2D eigenvalue weighted by atomic mass is 10.1. The summed E-state index contributed by atoms with van der Waals surface area (Å²) in [5, 5.41) is 5.23. The molecule has 1 aliphatic rings. The van der Waals surface area contributed by atoms with E-state index >= 15 is 0 Å². The van der Waals surface area contributed by atoms with Gasteiger partial charge in [-0.15, -0.1) is 0 Å². The molecular formula is C17H24FN3O2. The summed E-state index contributed by atoms with van der Waals surface area (Å²) in [4.78, 5) is 23.7. The topological polar surface area (TPSA) is 84.2 Å². The third-order valence-corrected chi connectivity index (χ3v) is 3.82. The number of carbonyl (C=O) groups excluding carboxylic acids is 2. The average Bonchev–Trinajstić information content (AvgIpc) is 3.30. The van der Waals surface area contributed by atoms with Crippen molar-refractivity contribution < 1.29 is 14.0 Å². The van der Waals surface area contributed by atoms with Gasteiger partial charge in [-0.3, -0.25) is 9.59 Å². The minimum absolute atomic E-state index is 0.0432. The van der Waals surface area contributed by atoms with E-state index in [9.17, 15) is 14.0 Å². The van der Waals surface area contributed by atoms with Crippen LogP contribution in [0.1, 0.15) is 43.5 Å². The van der Waals surface area contributed by atoms with Crippen LogP contribution in [0.25, 0.3) is 0 Å². The van der Waals surface area contributed by atoms with Gasteiger partial charge in [0.25, 0.3) is 5.91 Å². The molecule has 1 aromatic rings. The summed E-state index contributed by atoms with van der Waals surface area (Å²) in [6.45, 7) is 4.21. The highest BCUT2D eigenvalue weighted by molar-refractivity contribution is 5.96. The van der Waals surface area contributed by atoms with Crippen molar-refractivity contribution in [3.05, 3.63) is 29.6 Å². The van der Waals surface area contributed by atoms with Gasteiger partial charge >= 0.3 is 0 Å². The quantitative estimate of drug-likeness (QED) is 0.720. The number of carbonyl (C=O) groups is 2. The molecule has 0 heterocycles. The van der Waals surface area contributed by atoms with Crippen LogP contribution >= 0.6 is 0 Å². The first-order valence-corrected chi connectivity index (χ1v) is 8.00. The third-order valence-electron chi connectivity index (χ3n) is 3.82. The van der Waals surface area contributed by atoms with Gasteiger partial charge in [0.05, 0.1) is 5.69 Å². The summed E-state index contributed by atoms with van der Waals surface area (Å²) in [7, 11) is 0. The van der Waals surface area contributed by atoms with Gasteiger partial charge in [-0.05, 0) is 42.9 Å². The predicted octanol–water partition coefficient (Wildman–Crippen LogP) is 2.28. The normalized spacial score (nSPS) is 15.3. The van der Waals surface area contributed by atoms with Gasteiger partial charge in [0.1, 0.15) is 5.82 Å². The van der Waals surface area contributed by atoms with Crippen LogP contribution < -0.4 is 16.4 Å². The number of rotatable bonds is 7. The van der Waals surface area contributed by atoms with Gasteiger partial charge in [-0.1, -0.05) is 13.8 Å². The van der Waals surface area contributed by atoms with Crippen molar-refractivity contribution in [2.45, 2.75) is 39.2 Å². The molecule has 23 heavy (non-hydrogen) atoms. The number of hydrogen-bond donors (Lipinski definition) is 3. The molecule has 0 spiro atoms. The van der Waals surface area contributed by atoms with Gasteiger partial charge in [-0.2, -0.15) is 0 Å². The van der Waals surface area contributed by atoms with Crippen molar-refractivity contribution >= 4 is 17.5 Å². The van der Waals surface area contributed by atoms with E-state index in [1.807, 2.05) is 13.8 Å². The molecule has 1 aliphatic carbocycles. The highest BCUT2D eigenvalue weighted by Gasteiger charge is 2.28. The number of halogens is 1. The SMILES string of the molecule is CC(C)CC(=O)Nc1ccc(C(=O)NCC(N)C2CC2)cc1F. The minimum Gasteiger partial charge on any atom is -0.350 e. The molecule has 1 saturated carbocycles. The van der Waals surface area contributed by atoms with Gasteiger partial charge in [0, 0.05) is 24.6 Å². The van der Waals surface area contributed by atoms with Crippen LogP contribution in [0.4, 0.5) is 10.1 Å². The Balaban J connectivity index is 1.92. The Hall–Kier alpha value is -1.95. The van der Waals surface area contributed by atoms with Gasteiger partial charge < -0.3 is 16.4 Å². The van der Waals surface area contributed by atoms with Crippen LogP contribution in [0.5, 0.6) is 0 Å². The number of hydrogen-bond acceptors (Lipinski definition) is 3. The Morgan fingerprint density at radius 2 is 2.04 bits per heavy atom. The second kappa shape index (κ2) is 7.55. The minimum atomic E-state index is -0.624. The fraction of sp³-hybridized carbons (Fsp3) is 0.529. The van der Waals surface area contributed by atoms with E-state index in [1.165, 1.54) is 12.1 Å². The summed E-state index contributed by atoms with van der Waals surface area (Å²) < 4.78 is 14.0. The van der Waals surface area contributed by atoms with E-state index in [-0.39, 0.29) is 35.0 Å². The monoisotopic (exact) mass is 321 g/mol. The standard InChI is InChI=1S/C17H24FN3O2/c1-10(2)7-16(22)21-15-6-5-12(8-13(15)18)17(23)20-9-14(19)11-3-4-11/h5-6,8,10-11,14H,3-4,7,9,19H2,1-2H3,(H,20,23)(H,21,22). The van der Waals surface area contributed by atoms with Crippen LogP contribution in [0.2, 0.25) is 0 Å². The first kappa shape index (κ1) is 17.4. The lowest BCUT2D eigenvalue weighted by molar-refractivity contribution is -0.116. The van der Waals surface area contributed by atoms with E-state index in [4.69, 9.17) is 5.73 Å². The van der Waals surface area contributed by atoms with Crippen molar-refractivity contribution in [3.8, 4) is 0 Å². The second-order valence-corrected chi connectivity index (χ2v) is 6.55. The number of nitrogens with one attached hydrogen (secondary N) is 2. The molecule has 2 amide bonds. The maximum absolute atomic E-state index is 14.0. The Bertz CT molecular complexity index is 585. The maximum Gasteiger partial charge on any atom is 0.251 e. The Morgan fingerprint density at radius 1 is 1.35 bits per heavy atom. The molecule has 0 bridgehead atoms. The van der Waals surface area contributed by atoms with Gasteiger partial charge in [0.2, 0.25) is 5.91 Å². The molecule has 1 aromatic carbocycles. The molecule has 0 saturated heterocycles. The van der Waals surface area contributed by atoms with Crippen LogP contribution in [0.3, 0.4) is 0 Å². The van der Waals surface area contributed by atoms with Crippen molar-refractivity contribution in [3.63, 3.8) is 0 Å². The fourth-order valence-corrected chi connectivity index (χ4v) is 2.33. The molecule has 1 unspecified atom stereocenters. The van der Waals surface area contributed by atoms with Crippen LogP contribution in [-0.2, 0) is 4.79 Å². The van der Waals surface area contributed by atoms with Crippen LogP contribution in [0, 0.1) is 17.7 Å². The Morgan fingerprint density at radius 3 is 2.61 bits per heavy atom. The zero-order chi connectivity index (χ0) is 17.0. The van der Waals surface area contributed by atoms with Gasteiger partial charge in [-0.25, -0.2) is 4.39 Å².